The van der Waals surface area contributed by atoms with E-state index < -0.39 is 6.10 Å². The lowest BCUT2D eigenvalue weighted by Crippen LogP contribution is -2.34. The lowest BCUT2D eigenvalue weighted by molar-refractivity contribution is -0.126. The van der Waals surface area contributed by atoms with Gasteiger partial charge >= 0.3 is 0 Å². The van der Waals surface area contributed by atoms with Crippen molar-refractivity contribution in [3.63, 3.8) is 0 Å². The second-order valence-electron chi connectivity index (χ2n) is 5.12. The average Bonchev–Trinajstić information content (AvgIpc) is 2.38. The van der Waals surface area contributed by atoms with E-state index in [9.17, 15) is 4.79 Å². The van der Waals surface area contributed by atoms with Crippen LogP contribution in [-0.2, 0) is 11.3 Å². The Morgan fingerprint density at radius 1 is 1.35 bits per heavy atom. The lowest BCUT2D eigenvalue weighted by Gasteiger charge is -2.20. The molecule has 0 aliphatic rings. The normalized spacial score (nSPS) is 12.3. The summed E-state index contributed by atoms with van der Waals surface area (Å²) >= 11 is 3.50. The minimum atomic E-state index is -0.516. The summed E-state index contributed by atoms with van der Waals surface area (Å²) in [6, 6.07) is 4.40. The highest BCUT2D eigenvalue weighted by molar-refractivity contribution is 9.10. The third-order valence-electron chi connectivity index (χ3n) is 2.93. The van der Waals surface area contributed by atoms with Gasteiger partial charge in [0.25, 0.3) is 5.91 Å². The molecule has 1 aromatic carbocycles. The minimum absolute atomic E-state index is 0.130. The van der Waals surface area contributed by atoms with Crippen molar-refractivity contribution in [3.05, 3.63) is 27.7 Å². The number of halogens is 1. The molecule has 0 radical (unpaired) electrons. The molecule has 0 saturated carbocycles. The zero-order chi connectivity index (χ0) is 15.3. The van der Waals surface area contributed by atoms with Gasteiger partial charge in [-0.25, -0.2) is 0 Å². The molecule has 112 valence electrons. The summed E-state index contributed by atoms with van der Waals surface area (Å²) in [7, 11) is 1.61. The van der Waals surface area contributed by atoms with Crippen LogP contribution in [0.4, 0.5) is 0 Å². The van der Waals surface area contributed by atoms with E-state index in [1.54, 1.807) is 14.0 Å². The van der Waals surface area contributed by atoms with Crippen LogP contribution in [0.5, 0.6) is 5.75 Å². The maximum atomic E-state index is 11.6. The first-order chi connectivity index (χ1) is 9.35. The Morgan fingerprint density at radius 2 is 2.00 bits per heavy atom. The van der Waals surface area contributed by atoms with E-state index in [1.807, 2.05) is 19.1 Å². The first-order valence-electron chi connectivity index (χ1n) is 6.75. The Kier molecular flexibility index (Phi) is 6.49. The third-order valence-corrected chi connectivity index (χ3v) is 3.39. The molecule has 4 nitrogen and oxygen atoms in total. The van der Waals surface area contributed by atoms with Crippen molar-refractivity contribution >= 4 is 21.8 Å². The first kappa shape index (κ1) is 17.0. The molecule has 2 N–H and O–H groups in total. The number of likely N-dealkylation sites (N-methyl/N-ethyl adjacent to an activating group) is 1. The Bertz CT molecular complexity index is 475. The molecular formula is C15H23BrN2O2. The summed E-state index contributed by atoms with van der Waals surface area (Å²) in [5.41, 5.74) is 2.05. The molecule has 0 aromatic heterocycles. The molecular weight excluding hydrogens is 320 g/mol. The molecule has 0 fully saturated rings. The van der Waals surface area contributed by atoms with Gasteiger partial charge in [-0.2, -0.15) is 0 Å². The maximum absolute atomic E-state index is 11.6. The van der Waals surface area contributed by atoms with Crippen LogP contribution in [0.15, 0.2) is 16.6 Å². The summed E-state index contributed by atoms with van der Waals surface area (Å²) in [4.78, 5) is 11.6. The van der Waals surface area contributed by atoms with Crippen LogP contribution in [0, 0.1) is 6.92 Å². The molecule has 5 heteroatoms. The molecule has 0 spiro atoms. The quantitative estimate of drug-likeness (QED) is 0.835. The Balaban J connectivity index is 3.00. The fourth-order valence-electron chi connectivity index (χ4n) is 1.85. The fraction of sp³-hybridized carbons (Fsp3) is 0.533. The molecule has 0 aliphatic carbocycles. The highest BCUT2D eigenvalue weighted by Crippen LogP contribution is 2.29. The van der Waals surface area contributed by atoms with Gasteiger partial charge in [-0.3, -0.25) is 4.79 Å². The zero-order valence-electron chi connectivity index (χ0n) is 12.7. The monoisotopic (exact) mass is 342 g/mol. The van der Waals surface area contributed by atoms with Gasteiger partial charge in [0.15, 0.2) is 6.10 Å². The summed E-state index contributed by atoms with van der Waals surface area (Å²) in [5, 5.41) is 5.97. The van der Waals surface area contributed by atoms with Gasteiger partial charge in [-0.05, 0) is 31.5 Å². The number of nitrogens with one attached hydrogen (secondary N) is 2. The van der Waals surface area contributed by atoms with Gasteiger partial charge in [0, 0.05) is 29.7 Å². The van der Waals surface area contributed by atoms with E-state index in [-0.39, 0.29) is 5.91 Å². The van der Waals surface area contributed by atoms with Crippen molar-refractivity contribution < 1.29 is 9.53 Å². The Labute approximate surface area is 129 Å². The summed E-state index contributed by atoms with van der Waals surface area (Å²) in [5.74, 6) is 0.646. The number of benzene rings is 1. The minimum Gasteiger partial charge on any atom is -0.480 e. The van der Waals surface area contributed by atoms with E-state index in [0.29, 0.717) is 12.6 Å². The molecule has 0 aliphatic heterocycles. The summed E-state index contributed by atoms with van der Waals surface area (Å²) in [6.45, 7) is 8.63. The van der Waals surface area contributed by atoms with E-state index >= 15 is 0 Å². The van der Waals surface area contributed by atoms with E-state index in [0.717, 1.165) is 21.3 Å². The largest absolute Gasteiger partial charge is 0.480 e. The van der Waals surface area contributed by atoms with Crippen LogP contribution < -0.4 is 15.4 Å². The Morgan fingerprint density at radius 3 is 2.55 bits per heavy atom. The van der Waals surface area contributed by atoms with Crippen LogP contribution in [0.3, 0.4) is 0 Å². The number of hydrogen-bond acceptors (Lipinski definition) is 3. The second kappa shape index (κ2) is 7.64. The highest BCUT2D eigenvalue weighted by Gasteiger charge is 2.17. The highest BCUT2D eigenvalue weighted by atomic mass is 79.9. The molecule has 0 bridgehead atoms. The number of ether oxygens (including phenoxy) is 1. The van der Waals surface area contributed by atoms with Gasteiger partial charge in [0.05, 0.1) is 0 Å². The molecule has 1 rings (SSSR count). The van der Waals surface area contributed by atoms with Gasteiger partial charge in [-0.15, -0.1) is 0 Å². The smallest absolute Gasteiger partial charge is 0.260 e. The third kappa shape index (κ3) is 4.80. The van der Waals surface area contributed by atoms with Gasteiger partial charge < -0.3 is 15.4 Å². The van der Waals surface area contributed by atoms with Gasteiger partial charge in [-0.1, -0.05) is 29.8 Å². The number of hydrogen-bond donors (Lipinski definition) is 2. The summed E-state index contributed by atoms with van der Waals surface area (Å²) in [6.07, 6.45) is -0.516. The molecule has 0 saturated heterocycles. The van der Waals surface area contributed by atoms with Crippen molar-refractivity contribution in [1.29, 1.82) is 0 Å². The number of rotatable bonds is 6. The standard InChI is InChI=1S/C15H23BrN2O2/c1-9(2)18-8-12-7-13(16)6-10(3)14(12)20-11(4)15(19)17-5/h6-7,9,11,18H,8H2,1-5H3,(H,17,19). The van der Waals surface area contributed by atoms with Crippen molar-refractivity contribution in [2.24, 2.45) is 0 Å². The number of carbonyl (C=O) groups is 1. The number of aryl methyl sites for hydroxylation is 1. The SMILES string of the molecule is CNC(=O)C(C)Oc1c(C)cc(Br)cc1CNC(C)C. The zero-order valence-corrected chi connectivity index (χ0v) is 14.3. The van der Waals surface area contributed by atoms with Crippen LogP contribution >= 0.6 is 15.9 Å². The molecule has 0 heterocycles. The molecule has 1 aromatic rings. The molecule has 1 unspecified atom stereocenters. The van der Waals surface area contributed by atoms with E-state index in [4.69, 9.17) is 4.74 Å². The fourth-order valence-corrected chi connectivity index (χ4v) is 2.47. The first-order valence-corrected chi connectivity index (χ1v) is 7.55. The number of carbonyl (C=O) groups excluding carboxylic acids is 1. The van der Waals surface area contributed by atoms with Crippen LogP contribution in [-0.4, -0.2) is 25.1 Å². The van der Waals surface area contributed by atoms with Crippen molar-refractivity contribution in [1.82, 2.24) is 10.6 Å². The van der Waals surface area contributed by atoms with Crippen LogP contribution in [0.25, 0.3) is 0 Å². The van der Waals surface area contributed by atoms with Gasteiger partial charge in [0.1, 0.15) is 5.75 Å². The van der Waals surface area contributed by atoms with Crippen molar-refractivity contribution in [3.8, 4) is 5.75 Å². The number of amides is 1. The molecule has 1 amide bonds. The van der Waals surface area contributed by atoms with Gasteiger partial charge in [0.2, 0.25) is 0 Å². The maximum Gasteiger partial charge on any atom is 0.260 e. The second-order valence-corrected chi connectivity index (χ2v) is 6.04. The predicted molar refractivity (Wildman–Crippen MR) is 85.0 cm³/mol. The van der Waals surface area contributed by atoms with E-state index in [2.05, 4.69) is 40.4 Å². The molecule has 20 heavy (non-hydrogen) atoms. The lowest BCUT2D eigenvalue weighted by atomic mass is 10.1. The van der Waals surface area contributed by atoms with Crippen LogP contribution in [0.2, 0.25) is 0 Å². The summed E-state index contributed by atoms with van der Waals surface area (Å²) < 4.78 is 6.85. The van der Waals surface area contributed by atoms with Crippen molar-refractivity contribution in [2.45, 2.75) is 46.4 Å². The van der Waals surface area contributed by atoms with E-state index in [1.165, 1.54) is 0 Å². The van der Waals surface area contributed by atoms with Crippen molar-refractivity contribution in [2.75, 3.05) is 7.05 Å². The predicted octanol–water partition coefficient (Wildman–Crippen LogP) is 2.77. The average molecular weight is 343 g/mol. The topological polar surface area (TPSA) is 50.4 Å². The molecule has 1 atom stereocenters. The van der Waals surface area contributed by atoms with Crippen LogP contribution in [0.1, 0.15) is 31.9 Å². The Hall–Kier alpha value is -1.07.